The average molecular weight is 392 g/mol. The third kappa shape index (κ3) is 5.03. The maximum absolute atomic E-state index is 13.0. The maximum Gasteiger partial charge on any atom is 0.417 e. The van der Waals surface area contributed by atoms with Crippen LogP contribution in [0.15, 0.2) is 46.7 Å². The fourth-order valence-electron chi connectivity index (χ4n) is 2.03. The van der Waals surface area contributed by atoms with Gasteiger partial charge in [0.15, 0.2) is 0 Å². The Hall–Kier alpha value is -1.91. The lowest BCUT2D eigenvalue weighted by atomic mass is 10.2. The summed E-state index contributed by atoms with van der Waals surface area (Å²) in [6, 6.07) is 6.17. The zero-order valence-corrected chi connectivity index (χ0v) is 14.6. The minimum absolute atomic E-state index is 0.210. The van der Waals surface area contributed by atoms with Crippen LogP contribution in [0.4, 0.5) is 13.2 Å². The largest absolute Gasteiger partial charge is 0.417 e. The highest BCUT2D eigenvalue weighted by molar-refractivity contribution is 7.89. The molecule has 0 bridgehead atoms. The highest BCUT2D eigenvalue weighted by atomic mass is 32.2. The predicted octanol–water partition coefficient (Wildman–Crippen LogP) is 2.75. The van der Waals surface area contributed by atoms with E-state index >= 15 is 0 Å². The van der Waals surface area contributed by atoms with Crippen LogP contribution >= 0.6 is 11.3 Å². The summed E-state index contributed by atoms with van der Waals surface area (Å²) in [4.78, 5) is 11.9. The van der Waals surface area contributed by atoms with Gasteiger partial charge in [-0.2, -0.15) is 17.9 Å². The molecular formula is C15H15F3N2O3S2. The highest BCUT2D eigenvalue weighted by Crippen LogP contribution is 2.33. The molecule has 136 valence electrons. The molecule has 0 spiro atoms. The van der Waals surface area contributed by atoms with Crippen LogP contribution in [0, 0.1) is 0 Å². The number of carbonyl (C=O) groups is 1. The van der Waals surface area contributed by atoms with Gasteiger partial charge < -0.3 is 5.32 Å². The first-order chi connectivity index (χ1) is 11.6. The smallest absolute Gasteiger partial charge is 0.350 e. The Morgan fingerprint density at radius 1 is 1.20 bits per heavy atom. The molecule has 1 aromatic heterocycles. The van der Waals surface area contributed by atoms with Crippen molar-refractivity contribution in [3.05, 3.63) is 52.2 Å². The molecule has 1 aromatic carbocycles. The van der Waals surface area contributed by atoms with E-state index in [1.165, 1.54) is 24.3 Å². The number of hydrogen-bond donors (Lipinski definition) is 2. The Morgan fingerprint density at radius 3 is 2.48 bits per heavy atom. The fraction of sp³-hybridized carbons (Fsp3) is 0.267. The van der Waals surface area contributed by atoms with Crippen LogP contribution in [0.25, 0.3) is 0 Å². The number of halogens is 3. The van der Waals surface area contributed by atoms with Gasteiger partial charge in [0, 0.05) is 4.88 Å². The van der Waals surface area contributed by atoms with Crippen molar-refractivity contribution in [1.29, 1.82) is 0 Å². The van der Waals surface area contributed by atoms with Crippen molar-refractivity contribution in [3.63, 3.8) is 0 Å². The molecule has 0 aliphatic carbocycles. The Kier molecular flexibility index (Phi) is 5.86. The van der Waals surface area contributed by atoms with Gasteiger partial charge in [-0.1, -0.05) is 18.2 Å². The summed E-state index contributed by atoms with van der Waals surface area (Å²) in [5.74, 6) is -0.638. The van der Waals surface area contributed by atoms with E-state index in [1.54, 1.807) is 12.1 Å². The topological polar surface area (TPSA) is 75.3 Å². The zero-order chi connectivity index (χ0) is 18.7. The molecule has 0 fully saturated rings. The van der Waals surface area contributed by atoms with E-state index < -0.39 is 38.6 Å². The molecule has 0 aliphatic heterocycles. The second kappa shape index (κ2) is 7.54. The first kappa shape index (κ1) is 19.4. The molecule has 2 rings (SSSR count). The second-order valence-corrected chi connectivity index (χ2v) is 7.85. The van der Waals surface area contributed by atoms with Crippen LogP contribution < -0.4 is 10.0 Å². The monoisotopic (exact) mass is 392 g/mol. The van der Waals surface area contributed by atoms with E-state index in [2.05, 4.69) is 5.32 Å². The van der Waals surface area contributed by atoms with Crippen LogP contribution in [0.3, 0.4) is 0 Å². The van der Waals surface area contributed by atoms with Crippen molar-refractivity contribution in [2.75, 3.05) is 0 Å². The van der Waals surface area contributed by atoms with Crippen molar-refractivity contribution in [2.45, 2.75) is 30.6 Å². The molecule has 0 saturated carbocycles. The summed E-state index contributed by atoms with van der Waals surface area (Å²) in [5, 5.41) is 4.35. The van der Waals surface area contributed by atoms with Crippen molar-refractivity contribution in [3.8, 4) is 0 Å². The SMILES string of the molecule is C[C@H](NS(=O)(=O)c1ccccc1C(F)(F)F)C(=O)NCc1cccs1. The molecule has 2 N–H and O–H groups in total. The van der Waals surface area contributed by atoms with Crippen LogP contribution in [-0.4, -0.2) is 20.4 Å². The normalized spacial score (nSPS) is 13.4. The first-order valence-electron chi connectivity index (χ1n) is 7.10. The number of alkyl halides is 3. The minimum atomic E-state index is -4.82. The number of rotatable bonds is 6. The quantitative estimate of drug-likeness (QED) is 0.794. The fourth-order valence-corrected chi connectivity index (χ4v) is 4.10. The lowest BCUT2D eigenvalue weighted by Gasteiger charge is -2.17. The third-order valence-corrected chi connectivity index (χ3v) is 5.70. The zero-order valence-electron chi connectivity index (χ0n) is 13.0. The number of sulfonamides is 1. The van der Waals surface area contributed by atoms with Gasteiger partial charge in [-0.25, -0.2) is 8.42 Å². The highest BCUT2D eigenvalue weighted by Gasteiger charge is 2.37. The summed E-state index contributed by atoms with van der Waals surface area (Å²) in [6.07, 6.45) is -4.82. The molecule has 0 aliphatic rings. The second-order valence-electron chi connectivity index (χ2n) is 5.13. The molecule has 0 saturated heterocycles. The molecule has 2 aromatic rings. The number of carbonyl (C=O) groups excluding carboxylic acids is 1. The van der Waals surface area contributed by atoms with E-state index in [1.807, 2.05) is 10.1 Å². The van der Waals surface area contributed by atoms with Gasteiger partial charge in [0.25, 0.3) is 0 Å². The van der Waals surface area contributed by atoms with Crippen molar-refractivity contribution in [2.24, 2.45) is 0 Å². The van der Waals surface area contributed by atoms with Crippen molar-refractivity contribution < 1.29 is 26.4 Å². The molecule has 1 atom stereocenters. The van der Waals surface area contributed by atoms with E-state index in [0.717, 1.165) is 17.0 Å². The number of benzene rings is 1. The number of hydrogen-bond acceptors (Lipinski definition) is 4. The van der Waals surface area contributed by atoms with E-state index in [0.29, 0.717) is 6.07 Å². The third-order valence-electron chi connectivity index (χ3n) is 3.22. The number of thiophene rings is 1. The molecule has 10 heteroatoms. The van der Waals surface area contributed by atoms with Gasteiger partial charge >= 0.3 is 6.18 Å². The van der Waals surface area contributed by atoms with Gasteiger partial charge in [-0.3, -0.25) is 4.79 Å². The molecule has 1 amide bonds. The van der Waals surface area contributed by atoms with Crippen LogP contribution in [0.5, 0.6) is 0 Å². The summed E-state index contributed by atoms with van der Waals surface area (Å²) < 4.78 is 65.4. The molecule has 1 heterocycles. The van der Waals surface area contributed by atoms with Crippen molar-refractivity contribution >= 4 is 27.3 Å². The van der Waals surface area contributed by atoms with Crippen LogP contribution in [-0.2, 0) is 27.5 Å². The predicted molar refractivity (Wildman–Crippen MR) is 87.4 cm³/mol. The number of amides is 1. The molecule has 25 heavy (non-hydrogen) atoms. The van der Waals surface area contributed by atoms with Crippen molar-refractivity contribution in [1.82, 2.24) is 10.0 Å². The lowest BCUT2D eigenvalue weighted by Crippen LogP contribution is -2.44. The first-order valence-corrected chi connectivity index (χ1v) is 9.46. The molecule has 5 nitrogen and oxygen atoms in total. The Morgan fingerprint density at radius 2 is 1.88 bits per heavy atom. The van der Waals surface area contributed by atoms with Gasteiger partial charge in [-0.15, -0.1) is 11.3 Å². The average Bonchev–Trinajstić information content (AvgIpc) is 3.04. The molecular weight excluding hydrogens is 377 g/mol. The van der Waals surface area contributed by atoms with Gasteiger partial charge in [0.1, 0.15) is 0 Å². The molecule has 0 radical (unpaired) electrons. The minimum Gasteiger partial charge on any atom is -0.350 e. The summed E-state index contributed by atoms with van der Waals surface area (Å²) in [7, 11) is -4.52. The van der Waals surface area contributed by atoms with Gasteiger partial charge in [0.2, 0.25) is 15.9 Å². The Labute approximate surface area is 146 Å². The maximum atomic E-state index is 13.0. The standard InChI is InChI=1S/C15H15F3N2O3S2/c1-10(14(21)19-9-11-5-4-8-24-11)20-25(22,23)13-7-3-2-6-12(13)15(16,17)18/h2-8,10,20H,9H2,1H3,(H,19,21)/t10-/m0/s1. The molecule has 0 unspecified atom stereocenters. The summed E-state index contributed by atoms with van der Waals surface area (Å²) in [5.41, 5.74) is -1.28. The Bertz CT molecular complexity index is 834. The summed E-state index contributed by atoms with van der Waals surface area (Å²) >= 11 is 1.41. The Balaban J connectivity index is 2.11. The van der Waals surface area contributed by atoms with E-state index in [9.17, 15) is 26.4 Å². The van der Waals surface area contributed by atoms with E-state index in [4.69, 9.17) is 0 Å². The summed E-state index contributed by atoms with van der Waals surface area (Å²) in [6.45, 7) is 1.47. The van der Waals surface area contributed by atoms with Gasteiger partial charge in [0.05, 0.1) is 23.0 Å². The van der Waals surface area contributed by atoms with E-state index in [-0.39, 0.29) is 6.54 Å². The van der Waals surface area contributed by atoms with Gasteiger partial charge in [-0.05, 0) is 30.5 Å². The van der Waals surface area contributed by atoms with Crippen LogP contribution in [0.2, 0.25) is 0 Å². The lowest BCUT2D eigenvalue weighted by molar-refractivity contribution is -0.139. The van der Waals surface area contributed by atoms with Crippen LogP contribution in [0.1, 0.15) is 17.4 Å². The number of nitrogens with one attached hydrogen (secondary N) is 2.